The minimum Gasteiger partial charge on any atom is -0.465 e. The minimum atomic E-state index is 0.0188. The summed E-state index contributed by atoms with van der Waals surface area (Å²) in [5, 5.41) is 0. The zero-order valence-corrected chi connectivity index (χ0v) is 12.1. The molecule has 108 valence electrons. The molecule has 3 fully saturated rings. The van der Waals surface area contributed by atoms with Gasteiger partial charge in [-0.05, 0) is 63.3 Å². The molecule has 0 N–H and O–H groups in total. The SMILES string of the molecule is CCOC(=O)C1CCCCN1CC1CC2CCC1C2. The van der Waals surface area contributed by atoms with E-state index in [-0.39, 0.29) is 12.0 Å². The van der Waals surface area contributed by atoms with E-state index in [2.05, 4.69) is 4.90 Å². The Hall–Kier alpha value is -0.570. The highest BCUT2D eigenvalue weighted by molar-refractivity contribution is 5.75. The van der Waals surface area contributed by atoms with Gasteiger partial charge in [-0.1, -0.05) is 12.8 Å². The van der Waals surface area contributed by atoms with Crippen molar-refractivity contribution in [3.63, 3.8) is 0 Å². The molecule has 2 bridgehead atoms. The van der Waals surface area contributed by atoms with E-state index < -0.39 is 0 Å². The van der Waals surface area contributed by atoms with Gasteiger partial charge in [0, 0.05) is 6.54 Å². The average molecular weight is 265 g/mol. The van der Waals surface area contributed by atoms with Gasteiger partial charge < -0.3 is 4.74 Å². The number of piperidine rings is 1. The van der Waals surface area contributed by atoms with E-state index in [0.717, 1.165) is 37.3 Å². The van der Waals surface area contributed by atoms with Crippen molar-refractivity contribution in [2.75, 3.05) is 19.7 Å². The highest BCUT2D eigenvalue weighted by Crippen LogP contribution is 2.48. The summed E-state index contributed by atoms with van der Waals surface area (Å²) in [6, 6.07) is 0.0489. The largest absolute Gasteiger partial charge is 0.465 e. The Balaban J connectivity index is 1.59. The van der Waals surface area contributed by atoms with Crippen LogP contribution in [0.25, 0.3) is 0 Å². The standard InChI is InChI=1S/C16H27NO2/c1-2-19-16(18)15-5-3-4-8-17(15)11-14-10-12-6-7-13(14)9-12/h12-15H,2-11H2,1H3. The third-order valence-corrected chi connectivity index (χ3v) is 5.53. The lowest BCUT2D eigenvalue weighted by Gasteiger charge is -2.37. The lowest BCUT2D eigenvalue weighted by Crippen LogP contribution is -2.48. The number of hydrogen-bond acceptors (Lipinski definition) is 3. The van der Waals surface area contributed by atoms with Gasteiger partial charge in [0.2, 0.25) is 0 Å². The van der Waals surface area contributed by atoms with Crippen LogP contribution in [0.5, 0.6) is 0 Å². The summed E-state index contributed by atoms with van der Waals surface area (Å²) in [5.41, 5.74) is 0. The van der Waals surface area contributed by atoms with E-state index in [1.807, 2.05) is 6.92 Å². The highest BCUT2D eigenvalue weighted by Gasteiger charge is 2.41. The predicted molar refractivity (Wildman–Crippen MR) is 74.8 cm³/mol. The summed E-state index contributed by atoms with van der Waals surface area (Å²) < 4.78 is 5.26. The fourth-order valence-electron chi connectivity index (χ4n) is 4.62. The lowest BCUT2D eigenvalue weighted by atomic mass is 9.87. The molecule has 0 aromatic carbocycles. The molecule has 3 heteroatoms. The summed E-state index contributed by atoms with van der Waals surface area (Å²) >= 11 is 0. The van der Waals surface area contributed by atoms with E-state index in [9.17, 15) is 4.79 Å². The lowest BCUT2D eigenvalue weighted by molar-refractivity contribution is -0.151. The fourth-order valence-corrected chi connectivity index (χ4v) is 4.62. The monoisotopic (exact) mass is 265 g/mol. The molecule has 3 rings (SSSR count). The molecular formula is C16H27NO2. The fraction of sp³-hybridized carbons (Fsp3) is 0.938. The maximum absolute atomic E-state index is 12.1. The summed E-state index contributed by atoms with van der Waals surface area (Å²) in [6.45, 7) is 4.65. The van der Waals surface area contributed by atoms with Crippen molar-refractivity contribution in [1.29, 1.82) is 0 Å². The van der Waals surface area contributed by atoms with E-state index in [0.29, 0.717) is 6.61 Å². The minimum absolute atomic E-state index is 0.0188. The quantitative estimate of drug-likeness (QED) is 0.732. The van der Waals surface area contributed by atoms with E-state index >= 15 is 0 Å². The number of carbonyl (C=O) groups excluding carboxylic acids is 1. The van der Waals surface area contributed by atoms with Gasteiger partial charge in [-0.2, -0.15) is 0 Å². The second-order valence-electron chi connectivity index (χ2n) is 6.69. The van der Waals surface area contributed by atoms with Gasteiger partial charge in [0.25, 0.3) is 0 Å². The molecule has 0 aromatic rings. The third kappa shape index (κ3) is 2.81. The van der Waals surface area contributed by atoms with Crippen molar-refractivity contribution in [1.82, 2.24) is 4.90 Å². The number of rotatable bonds is 4. The molecule has 0 radical (unpaired) electrons. The summed E-state index contributed by atoms with van der Waals surface area (Å²) in [7, 11) is 0. The molecular weight excluding hydrogens is 238 g/mol. The van der Waals surface area contributed by atoms with Crippen LogP contribution in [0.15, 0.2) is 0 Å². The van der Waals surface area contributed by atoms with Crippen LogP contribution in [0.2, 0.25) is 0 Å². The topological polar surface area (TPSA) is 29.5 Å². The smallest absolute Gasteiger partial charge is 0.323 e. The Bertz CT molecular complexity index is 331. The highest BCUT2D eigenvalue weighted by atomic mass is 16.5. The molecule has 0 spiro atoms. The molecule has 3 nitrogen and oxygen atoms in total. The Morgan fingerprint density at radius 1 is 1.21 bits per heavy atom. The molecule has 3 aliphatic rings. The van der Waals surface area contributed by atoms with Crippen molar-refractivity contribution >= 4 is 5.97 Å². The van der Waals surface area contributed by atoms with Gasteiger partial charge in [-0.3, -0.25) is 9.69 Å². The Kier molecular flexibility index (Phi) is 4.11. The molecule has 2 saturated carbocycles. The second kappa shape index (κ2) is 5.82. The zero-order chi connectivity index (χ0) is 13.2. The second-order valence-corrected chi connectivity index (χ2v) is 6.69. The molecule has 2 aliphatic carbocycles. The van der Waals surface area contributed by atoms with Crippen LogP contribution in [-0.2, 0) is 9.53 Å². The van der Waals surface area contributed by atoms with Crippen molar-refractivity contribution < 1.29 is 9.53 Å². The molecule has 1 heterocycles. The van der Waals surface area contributed by atoms with Gasteiger partial charge >= 0.3 is 5.97 Å². The summed E-state index contributed by atoms with van der Waals surface area (Å²) in [5.74, 6) is 2.83. The third-order valence-electron chi connectivity index (χ3n) is 5.53. The first-order chi connectivity index (χ1) is 9.28. The van der Waals surface area contributed by atoms with Crippen LogP contribution in [0.4, 0.5) is 0 Å². The number of hydrogen-bond donors (Lipinski definition) is 0. The molecule has 1 aliphatic heterocycles. The number of carbonyl (C=O) groups is 1. The summed E-state index contributed by atoms with van der Waals surface area (Å²) in [6.07, 6.45) is 9.20. The van der Waals surface area contributed by atoms with E-state index in [1.165, 1.54) is 38.5 Å². The number of likely N-dealkylation sites (tertiary alicyclic amines) is 1. The van der Waals surface area contributed by atoms with Crippen LogP contribution in [0.3, 0.4) is 0 Å². The maximum atomic E-state index is 12.1. The zero-order valence-electron chi connectivity index (χ0n) is 12.1. The van der Waals surface area contributed by atoms with Crippen molar-refractivity contribution in [3.8, 4) is 0 Å². The molecule has 0 amide bonds. The van der Waals surface area contributed by atoms with E-state index in [4.69, 9.17) is 4.74 Å². The Morgan fingerprint density at radius 3 is 2.79 bits per heavy atom. The molecule has 19 heavy (non-hydrogen) atoms. The molecule has 1 saturated heterocycles. The van der Waals surface area contributed by atoms with Gasteiger partial charge in [-0.15, -0.1) is 0 Å². The normalized spacial score (nSPS) is 38.6. The van der Waals surface area contributed by atoms with Gasteiger partial charge in [-0.25, -0.2) is 0 Å². The maximum Gasteiger partial charge on any atom is 0.323 e. The number of ether oxygens (including phenoxy) is 1. The predicted octanol–water partition coefficient (Wildman–Crippen LogP) is 2.84. The van der Waals surface area contributed by atoms with Crippen LogP contribution in [-0.4, -0.2) is 36.6 Å². The van der Waals surface area contributed by atoms with Crippen LogP contribution < -0.4 is 0 Å². The summed E-state index contributed by atoms with van der Waals surface area (Å²) in [4.78, 5) is 14.5. The number of nitrogens with zero attached hydrogens (tertiary/aromatic N) is 1. The van der Waals surface area contributed by atoms with Gasteiger partial charge in [0.1, 0.15) is 6.04 Å². The Labute approximate surface area is 116 Å². The van der Waals surface area contributed by atoms with Crippen molar-refractivity contribution in [2.45, 2.75) is 57.9 Å². The van der Waals surface area contributed by atoms with Crippen molar-refractivity contribution in [2.24, 2.45) is 17.8 Å². The van der Waals surface area contributed by atoms with Gasteiger partial charge in [0.05, 0.1) is 6.61 Å². The first-order valence-electron chi connectivity index (χ1n) is 8.18. The van der Waals surface area contributed by atoms with Crippen molar-refractivity contribution in [3.05, 3.63) is 0 Å². The first-order valence-corrected chi connectivity index (χ1v) is 8.18. The van der Waals surface area contributed by atoms with Crippen LogP contribution >= 0.6 is 0 Å². The van der Waals surface area contributed by atoms with Gasteiger partial charge in [0.15, 0.2) is 0 Å². The molecule has 4 unspecified atom stereocenters. The average Bonchev–Trinajstić information content (AvgIpc) is 3.02. The number of fused-ring (bicyclic) bond motifs is 2. The van der Waals surface area contributed by atoms with E-state index in [1.54, 1.807) is 0 Å². The molecule has 4 atom stereocenters. The van der Waals surface area contributed by atoms with Crippen LogP contribution in [0, 0.1) is 17.8 Å². The number of esters is 1. The van der Waals surface area contributed by atoms with Crippen LogP contribution in [0.1, 0.15) is 51.9 Å². The molecule has 0 aromatic heterocycles. The Morgan fingerprint density at radius 2 is 2.11 bits per heavy atom. The first kappa shape index (κ1) is 13.4.